The number of benzene rings is 2. The smallest absolute Gasteiger partial charge is 0.260 e. The van der Waals surface area contributed by atoms with E-state index in [4.69, 9.17) is 4.74 Å². The Morgan fingerprint density at radius 2 is 1.72 bits per heavy atom. The van der Waals surface area contributed by atoms with Gasteiger partial charge in [-0.1, -0.05) is 50.2 Å². The van der Waals surface area contributed by atoms with E-state index in [0.717, 1.165) is 23.3 Å². The summed E-state index contributed by atoms with van der Waals surface area (Å²) in [6, 6.07) is 14.5. The number of hydrogen-bond donors (Lipinski definition) is 1. The van der Waals surface area contributed by atoms with Crippen molar-refractivity contribution in [3.63, 3.8) is 0 Å². The van der Waals surface area contributed by atoms with E-state index in [1.54, 1.807) is 6.92 Å². The van der Waals surface area contributed by atoms with Crippen LogP contribution in [0.4, 0.5) is 0 Å². The van der Waals surface area contributed by atoms with Crippen molar-refractivity contribution in [2.45, 2.75) is 53.1 Å². The van der Waals surface area contributed by atoms with E-state index in [1.165, 1.54) is 11.1 Å². The Morgan fingerprint density at radius 3 is 2.36 bits per heavy atom. The Kier molecular flexibility index (Phi) is 6.63. The van der Waals surface area contributed by atoms with E-state index < -0.39 is 6.10 Å². The molecule has 25 heavy (non-hydrogen) atoms. The van der Waals surface area contributed by atoms with Crippen molar-refractivity contribution in [1.29, 1.82) is 0 Å². The third kappa shape index (κ3) is 5.35. The van der Waals surface area contributed by atoms with Crippen LogP contribution in [0.5, 0.6) is 5.75 Å². The molecule has 3 heteroatoms. The Morgan fingerprint density at radius 1 is 1.04 bits per heavy atom. The Bertz CT molecular complexity index is 704. The topological polar surface area (TPSA) is 38.3 Å². The lowest BCUT2D eigenvalue weighted by Crippen LogP contribution is -2.37. The monoisotopic (exact) mass is 339 g/mol. The molecule has 0 bridgehead atoms. The molecule has 2 rings (SSSR count). The molecule has 0 radical (unpaired) electrons. The highest BCUT2D eigenvalue weighted by Gasteiger charge is 2.15. The molecule has 0 aromatic heterocycles. The molecule has 0 heterocycles. The summed E-state index contributed by atoms with van der Waals surface area (Å²) < 4.78 is 5.82. The van der Waals surface area contributed by atoms with Crippen molar-refractivity contribution >= 4 is 5.91 Å². The molecule has 134 valence electrons. The van der Waals surface area contributed by atoms with Gasteiger partial charge in [0.15, 0.2) is 6.10 Å². The zero-order chi connectivity index (χ0) is 18.4. The number of ether oxygens (including phenoxy) is 1. The molecule has 0 fully saturated rings. The van der Waals surface area contributed by atoms with Crippen LogP contribution in [-0.2, 0) is 11.2 Å². The van der Waals surface area contributed by atoms with E-state index in [-0.39, 0.29) is 5.91 Å². The van der Waals surface area contributed by atoms with Crippen LogP contribution in [0.25, 0.3) is 0 Å². The lowest BCUT2D eigenvalue weighted by Gasteiger charge is -2.17. The fourth-order valence-electron chi connectivity index (χ4n) is 2.64. The first-order chi connectivity index (χ1) is 11.9. The molecule has 1 unspecified atom stereocenters. The first-order valence-corrected chi connectivity index (χ1v) is 8.98. The van der Waals surface area contributed by atoms with Gasteiger partial charge in [0.1, 0.15) is 5.75 Å². The zero-order valence-corrected chi connectivity index (χ0v) is 15.9. The second-order valence-corrected chi connectivity index (χ2v) is 6.90. The fraction of sp³-hybridized carbons (Fsp3) is 0.409. The maximum atomic E-state index is 12.2. The zero-order valence-electron chi connectivity index (χ0n) is 15.9. The van der Waals surface area contributed by atoms with Crippen molar-refractivity contribution in [1.82, 2.24) is 5.32 Å². The van der Waals surface area contributed by atoms with Crippen molar-refractivity contribution in [2.75, 3.05) is 6.54 Å². The number of aryl methyl sites for hydroxylation is 1. The van der Waals surface area contributed by atoms with Gasteiger partial charge in [-0.3, -0.25) is 4.79 Å². The molecule has 0 aliphatic heterocycles. The maximum Gasteiger partial charge on any atom is 0.260 e. The first kappa shape index (κ1) is 19.0. The molecular formula is C22H29NO2. The second-order valence-electron chi connectivity index (χ2n) is 6.90. The van der Waals surface area contributed by atoms with E-state index in [2.05, 4.69) is 43.4 Å². The number of carbonyl (C=O) groups excluding carboxylic acids is 1. The van der Waals surface area contributed by atoms with Crippen LogP contribution in [0, 0.1) is 13.8 Å². The number of carbonyl (C=O) groups is 1. The van der Waals surface area contributed by atoms with Crippen LogP contribution in [0.15, 0.2) is 42.5 Å². The second kappa shape index (κ2) is 8.70. The summed E-state index contributed by atoms with van der Waals surface area (Å²) in [7, 11) is 0. The van der Waals surface area contributed by atoms with Crippen molar-refractivity contribution in [2.24, 2.45) is 0 Å². The minimum Gasteiger partial charge on any atom is -0.481 e. The van der Waals surface area contributed by atoms with Gasteiger partial charge in [-0.25, -0.2) is 0 Å². The molecule has 1 N–H and O–H groups in total. The molecule has 0 aliphatic rings. The van der Waals surface area contributed by atoms with Gasteiger partial charge >= 0.3 is 0 Å². The fourth-order valence-corrected chi connectivity index (χ4v) is 2.64. The van der Waals surface area contributed by atoms with Crippen LogP contribution in [0.3, 0.4) is 0 Å². The van der Waals surface area contributed by atoms with E-state index in [9.17, 15) is 4.79 Å². The highest BCUT2D eigenvalue weighted by Crippen LogP contribution is 2.21. The van der Waals surface area contributed by atoms with E-state index in [0.29, 0.717) is 12.5 Å². The first-order valence-electron chi connectivity index (χ1n) is 8.98. The summed E-state index contributed by atoms with van der Waals surface area (Å²) in [5.74, 6) is 1.23. The van der Waals surface area contributed by atoms with E-state index >= 15 is 0 Å². The quantitative estimate of drug-likeness (QED) is 0.803. The summed E-state index contributed by atoms with van der Waals surface area (Å²) in [6.45, 7) is 10.8. The van der Waals surface area contributed by atoms with Crippen molar-refractivity contribution in [3.8, 4) is 5.75 Å². The molecule has 1 amide bonds. The molecule has 2 aromatic carbocycles. The molecular weight excluding hydrogens is 310 g/mol. The number of hydrogen-bond acceptors (Lipinski definition) is 2. The van der Waals surface area contributed by atoms with Crippen molar-refractivity contribution in [3.05, 3.63) is 64.7 Å². The van der Waals surface area contributed by atoms with Gasteiger partial charge in [-0.05, 0) is 61.4 Å². The molecule has 2 aromatic rings. The minimum absolute atomic E-state index is 0.0836. The highest BCUT2D eigenvalue weighted by atomic mass is 16.5. The summed E-state index contributed by atoms with van der Waals surface area (Å²) in [5, 5.41) is 2.96. The third-order valence-corrected chi connectivity index (χ3v) is 4.59. The Balaban J connectivity index is 1.82. The summed E-state index contributed by atoms with van der Waals surface area (Å²) in [5.41, 5.74) is 4.80. The van der Waals surface area contributed by atoms with Gasteiger partial charge in [0.25, 0.3) is 5.91 Å². The van der Waals surface area contributed by atoms with Gasteiger partial charge in [0, 0.05) is 6.54 Å². The Labute approximate surface area is 151 Å². The summed E-state index contributed by atoms with van der Waals surface area (Å²) >= 11 is 0. The molecule has 0 spiro atoms. The summed E-state index contributed by atoms with van der Waals surface area (Å²) in [4.78, 5) is 12.2. The van der Waals surface area contributed by atoms with Crippen LogP contribution in [-0.4, -0.2) is 18.6 Å². The van der Waals surface area contributed by atoms with E-state index in [1.807, 2.05) is 32.0 Å². The lowest BCUT2D eigenvalue weighted by atomic mass is 10.0. The SMILES string of the molecule is Cc1cccc(OC(C)C(=O)NCCc2ccc(C(C)C)cc2)c1C. The van der Waals surface area contributed by atoms with Gasteiger partial charge in [-0.15, -0.1) is 0 Å². The molecule has 0 saturated carbocycles. The number of nitrogens with one attached hydrogen (secondary N) is 1. The third-order valence-electron chi connectivity index (χ3n) is 4.59. The van der Waals surface area contributed by atoms with Gasteiger partial charge in [0.2, 0.25) is 0 Å². The van der Waals surface area contributed by atoms with Crippen molar-refractivity contribution < 1.29 is 9.53 Å². The predicted octanol–water partition coefficient (Wildman–Crippen LogP) is 4.55. The standard InChI is InChI=1S/C22H29NO2/c1-15(2)20-11-9-19(10-12-20)13-14-23-22(24)18(5)25-21-8-6-7-16(3)17(21)4/h6-12,15,18H,13-14H2,1-5H3,(H,23,24). The minimum atomic E-state index is -0.510. The maximum absolute atomic E-state index is 12.2. The molecule has 0 aliphatic carbocycles. The van der Waals surface area contributed by atoms with Crippen LogP contribution in [0.1, 0.15) is 48.9 Å². The number of rotatable bonds is 7. The molecule has 3 nitrogen and oxygen atoms in total. The molecule has 0 saturated heterocycles. The number of amides is 1. The average Bonchev–Trinajstić information content (AvgIpc) is 2.59. The van der Waals surface area contributed by atoms with Crippen LogP contribution in [0.2, 0.25) is 0 Å². The Hall–Kier alpha value is -2.29. The van der Waals surface area contributed by atoms with Crippen LogP contribution < -0.4 is 10.1 Å². The van der Waals surface area contributed by atoms with Gasteiger partial charge in [0.05, 0.1) is 0 Å². The normalized spacial score (nSPS) is 12.1. The van der Waals surface area contributed by atoms with Crippen LogP contribution >= 0.6 is 0 Å². The van der Waals surface area contributed by atoms with Gasteiger partial charge < -0.3 is 10.1 Å². The largest absolute Gasteiger partial charge is 0.481 e. The average molecular weight is 339 g/mol. The highest BCUT2D eigenvalue weighted by molar-refractivity contribution is 5.80. The van der Waals surface area contributed by atoms with Gasteiger partial charge in [-0.2, -0.15) is 0 Å². The molecule has 1 atom stereocenters. The predicted molar refractivity (Wildman–Crippen MR) is 103 cm³/mol. The summed E-state index contributed by atoms with van der Waals surface area (Å²) in [6.07, 6.45) is 0.309. The lowest BCUT2D eigenvalue weighted by molar-refractivity contribution is -0.127.